The lowest BCUT2D eigenvalue weighted by atomic mass is 9.99. The maximum absolute atomic E-state index is 12.5. The van der Waals surface area contributed by atoms with Gasteiger partial charge >= 0.3 is 0 Å². The lowest BCUT2D eigenvalue weighted by Gasteiger charge is -2.28. The zero-order chi connectivity index (χ0) is 17.5. The quantitative estimate of drug-likeness (QED) is 0.789. The van der Waals surface area contributed by atoms with Crippen molar-refractivity contribution >= 4 is 11.6 Å². The summed E-state index contributed by atoms with van der Waals surface area (Å²) >= 11 is 0. The van der Waals surface area contributed by atoms with E-state index in [1.165, 1.54) is 0 Å². The topological polar surface area (TPSA) is 71.3 Å². The first-order valence-corrected chi connectivity index (χ1v) is 8.02. The van der Waals surface area contributed by atoms with Crippen molar-refractivity contribution in [2.75, 3.05) is 11.9 Å². The number of hydrogen-bond donors (Lipinski definition) is 1. The second kappa shape index (κ2) is 8.54. The van der Waals surface area contributed by atoms with Gasteiger partial charge in [0.25, 0.3) is 5.91 Å². The zero-order valence-electron chi connectivity index (χ0n) is 14.6. The van der Waals surface area contributed by atoms with Gasteiger partial charge in [-0.05, 0) is 52.3 Å². The third kappa shape index (κ3) is 5.26. The van der Waals surface area contributed by atoms with Crippen LogP contribution in [-0.2, 0) is 9.53 Å². The predicted octanol–water partition coefficient (Wildman–Crippen LogP) is 3.88. The number of benzene rings is 1. The SMILES string of the molecule is CCCC(C)(OCC)C(=O)Nc1ccc(OC(C)C)c(C#N)c1. The molecule has 1 aromatic carbocycles. The lowest BCUT2D eigenvalue weighted by molar-refractivity contribution is -0.139. The van der Waals surface area contributed by atoms with E-state index in [0.29, 0.717) is 30.0 Å². The monoisotopic (exact) mass is 318 g/mol. The molecule has 1 unspecified atom stereocenters. The van der Waals surface area contributed by atoms with E-state index in [1.807, 2.05) is 27.7 Å². The standard InChI is InChI=1S/C18H26N2O3/c1-6-10-18(5,22-7-2)17(21)20-15-8-9-16(23-13(3)4)14(11-15)12-19/h8-9,11,13H,6-7,10H2,1-5H3,(H,20,21). The van der Waals surface area contributed by atoms with Crippen molar-refractivity contribution in [1.82, 2.24) is 0 Å². The van der Waals surface area contributed by atoms with Crippen molar-refractivity contribution in [2.45, 2.75) is 59.2 Å². The average molecular weight is 318 g/mol. The predicted molar refractivity (Wildman–Crippen MR) is 90.5 cm³/mol. The Hall–Kier alpha value is -2.06. The first-order chi connectivity index (χ1) is 10.9. The van der Waals surface area contributed by atoms with Crippen molar-refractivity contribution in [1.29, 1.82) is 5.26 Å². The Balaban J connectivity index is 2.96. The number of hydrogen-bond acceptors (Lipinski definition) is 4. The fourth-order valence-corrected chi connectivity index (χ4v) is 2.36. The van der Waals surface area contributed by atoms with E-state index in [1.54, 1.807) is 25.1 Å². The summed E-state index contributed by atoms with van der Waals surface area (Å²) in [5, 5.41) is 12.1. The molecule has 0 aromatic heterocycles. The van der Waals surface area contributed by atoms with Gasteiger partial charge in [0.15, 0.2) is 0 Å². The molecular weight excluding hydrogens is 292 g/mol. The number of ether oxygens (including phenoxy) is 2. The molecule has 0 aliphatic heterocycles. The second-order valence-corrected chi connectivity index (χ2v) is 5.86. The Morgan fingerprint density at radius 3 is 2.61 bits per heavy atom. The molecule has 0 aliphatic carbocycles. The summed E-state index contributed by atoms with van der Waals surface area (Å²) in [5.74, 6) is 0.309. The number of rotatable bonds is 8. The molecule has 0 fully saturated rings. The normalized spacial score (nSPS) is 13.3. The number of nitriles is 1. The molecule has 0 saturated carbocycles. The van der Waals surface area contributed by atoms with Crippen LogP contribution in [-0.4, -0.2) is 24.2 Å². The molecule has 1 amide bonds. The van der Waals surface area contributed by atoms with Crippen LogP contribution in [0.1, 0.15) is 53.0 Å². The van der Waals surface area contributed by atoms with Gasteiger partial charge in [-0.1, -0.05) is 13.3 Å². The van der Waals surface area contributed by atoms with Crippen molar-refractivity contribution in [3.63, 3.8) is 0 Å². The van der Waals surface area contributed by atoms with E-state index >= 15 is 0 Å². The first-order valence-electron chi connectivity index (χ1n) is 8.02. The third-order valence-corrected chi connectivity index (χ3v) is 3.39. The van der Waals surface area contributed by atoms with Gasteiger partial charge in [-0.2, -0.15) is 5.26 Å². The van der Waals surface area contributed by atoms with Crippen LogP contribution in [0.4, 0.5) is 5.69 Å². The van der Waals surface area contributed by atoms with Gasteiger partial charge in [-0.25, -0.2) is 0 Å². The molecule has 23 heavy (non-hydrogen) atoms. The minimum atomic E-state index is -0.872. The number of nitrogens with zero attached hydrogens (tertiary/aromatic N) is 1. The molecule has 1 rings (SSSR count). The molecule has 0 radical (unpaired) electrons. The van der Waals surface area contributed by atoms with E-state index in [9.17, 15) is 10.1 Å². The molecule has 126 valence electrons. The highest BCUT2D eigenvalue weighted by Gasteiger charge is 2.33. The van der Waals surface area contributed by atoms with E-state index in [2.05, 4.69) is 11.4 Å². The van der Waals surface area contributed by atoms with Gasteiger partial charge < -0.3 is 14.8 Å². The Morgan fingerprint density at radius 2 is 2.09 bits per heavy atom. The summed E-state index contributed by atoms with van der Waals surface area (Å²) in [5.41, 5.74) is 0.0819. The largest absolute Gasteiger partial charge is 0.490 e. The highest BCUT2D eigenvalue weighted by Crippen LogP contribution is 2.25. The summed E-state index contributed by atoms with van der Waals surface area (Å²) in [6.45, 7) is 9.93. The van der Waals surface area contributed by atoms with Crippen LogP contribution in [0.5, 0.6) is 5.75 Å². The number of nitrogens with one attached hydrogen (secondary N) is 1. The average Bonchev–Trinajstić information content (AvgIpc) is 2.48. The Labute approximate surface area is 138 Å². The van der Waals surface area contributed by atoms with Crippen LogP contribution in [0.25, 0.3) is 0 Å². The molecule has 1 N–H and O–H groups in total. The Kier molecular flexibility index (Phi) is 7.05. The molecular formula is C18H26N2O3. The summed E-state index contributed by atoms with van der Waals surface area (Å²) in [7, 11) is 0. The minimum Gasteiger partial charge on any atom is -0.490 e. The van der Waals surface area contributed by atoms with Crippen molar-refractivity contribution in [3.8, 4) is 11.8 Å². The highest BCUT2D eigenvalue weighted by molar-refractivity contribution is 5.97. The number of carbonyl (C=O) groups is 1. The number of anilines is 1. The maximum Gasteiger partial charge on any atom is 0.256 e. The van der Waals surface area contributed by atoms with Crippen molar-refractivity contribution in [3.05, 3.63) is 23.8 Å². The number of carbonyl (C=O) groups excluding carboxylic acids is 1. The minimum absolute atomic E-state index is 0.0201. The van der Waals surface area contributed by atoms with Gasteiger partial charge in [0.1, 0.15) is 17.4 Å². The summed E-state index contributed by atoms with van der Waals surface area (Å²) in [4.78, 5) is 12.5. The second-order valence-electron chi connectivity index (χ2n) is 5.86. The van der Waals surface area contributed by atoms with Crippen LogP contribution in [0.2, 0.25) is 0 Å². The molecule has 0 aliphatic rings. The zero-order valence-corrected chi connectivity index (χ0v) is 14.6. The summed E-state index contributed by atoms with van der Waals surface area (Å²) in [6.07, 6.45) is 1.45. The first kappa shape index (κ1) is 19.0. The molecule has 1 aromatic rings. The fourth-order valence-electron chi connectivity index (χ4n) is 2.36. The van der Waals surface area contributed by atoms with Crippen LogP contribution in [0.15, 0.2) is 18.2 Å². The maximum atomic E-state index is 12.5. The molecule has 0 spiro atoms. The lowest BCUT2D eigenvalue weighted by Crippen LogP contribution is -2.42. The van der Waals surface area contributed by atoms with Gasteiger partial charge in [-0.15, -0.1) is 0 Å². The third-order valence-electron chi connectivity index (χ3n) is 3.39. The van der Waals surface area contributed by atoms with Crippen LogP contribution < -0.4 is 10.1 Å². The van der Waals surface area contributed by atoms with Gasteiger partial charge in [0.2, 0.25) is 0 Å². The molecule has 5 heteroatoms. The summed E-state index contributed by atoms with van der Waals surface area (Å²) < 4.78 is 11.2. The van der Waals surface area contributed by atoms with Gasteiger partial charge in [0, 0.05) is 12.3 Å². The highest BCUT2D eigenvalue weighted by atomic mass is 16.5. The van der Waals surface area contributed by atoms with Crippen molar-refractivity contribution in [2.24, 2.45) is 0 Å². The van der Waals surface area contributed by atoms with E-state index in [4.69, 9.17) is 9.47 Å². The van der Waals surface area contributed by atoms with Crippen LogP contribution in [0.3, 0.4) is 0 Å². The Bertz CT molecular complexity index is 570. The van der Waals surface area contributed by atoms with Gasteiger partial charge in [-0.3, -0.25) is 4.79 Å². The van der Waals surface area contributed by atoms with E-state index in [0.717, 1.165) is 6.42 Å². The molecule has 5 nitrogen and oxygen atoms in total. The number of amides is 1. The molecule has 0 saturated heterocycles. The smallest absolute Gasteiger partial charge is 0.256 e. The van der Waals surface area contributed by atoms with Crippen LogP contribution in [0, 0.1) is 11.3 Å². The molecule has 1 atom stereocenters. The van der Waals surface area contributed by atoms with E-state index < -0.39 is 5.60 Å². The summed E-state index contributed by atoms with van der Waals surface area (Å²) in [6, 6.07) is 7.15. The van der Waals surface area contributed by atoms with E-state index in [-0.39, 0.29) is 12.0 Å². The molecule has 0 bridgehead atoms. The van der Waals surface area contributed by atoms with Gasteiger partial charge in [0.05, 0.1) is 11.7 Å². The Morgan fingerprint density at radius 1 is 1.39 bits per heavy atom. The molecule has 0 heterocycles. The van der Waals surface area contributed by atoms with Crippen LogP contribution >= 0.6 is 0 Å². The van der Waals surface area contributed by atoms with Crippen molar-refractivity contribution < 1.29 is 14.3 Å². The fraction of sp³-hybridized carbons (Fsp3) is 0.556.